The highest BCUT2D eigenvalue weighted by molar-refractivity contribution is 6.36. The number of aryl methyl sites for hydroxylation is 1. The van der Waals surface area contributed by atoms with E-state index < -0.39 is 0 Å². The second-order valence-corrected chi connectivity index (χ2v) is 7.05. The molecule has 1 heterocycles. The van der Waals surface area contributed by atoms with Gasteiger partial charge in [-0.1, -0.05) is 29.3 Å². The molecular weight excluding hydrogens is 415 g/mol. The minimum atomic E-state index is -0.107. The van der Waals surface area contributed by atoms with Crippen LogP contribution < -0.4 is 14.8 Å². The summed E-state index contributed by atoms with van der Waals surface area (Å²) < 4.78 is 16.2. The fourth-order valence-electron chi connectivity index (χ4n) is 2.74. The van der Waals surface area contributed by atoms with Gasteiger partial charge in [0.05, 0.1) is 25.4 Å². The molecule has 6 nitrogen and oxygen atoms in total. The van der Waals surface area contributed by atoms with Crippen molar-refractivity contribution in [3.05, 3.63) is 64.1 Å². The molecule has 152 valence electrons. The molecular formula is C21H20Cl2N2O4. The largest absolute Gasteiger partial charge is 0.493 e. The molecule has 2 aromatic carbocycles. The number of nitrogens with zero attached hydrogens (tertiary/aromatic N) is 1. The molecule has 1 amide bonds. The van der Waals surface area contributed by atoms with Crippen LogP contribution in [0.15, 0.2) is 47.0 Å². The van der Waals surface area contributed by atoms with E-state index in [1.807, 2.05) is 12.1 Å². The zero-order valence-electron chi connectivity index (χ0n) is 16.0. The first-order valence-electron chi connectivity index (χ1n) is 8.88. The van der Waals surface area contributed by atoms with Gasteiger partial charge in [0, 0.05) is 30.0 Å². The fraction of sp³-hybridized carbons (Fsp3) is 0.238. The van der Waals surface area contributed by atoms with E-state index in [9.17, 15) is 4.79 Å². The smallest absolute Gasteiger partial charge is 0.220 e. The first-order chi connectivity index (χ1) is 14.0. The normalized spacial score (nSPS) is 10.6. The lowest BCUT2D eigenvalue weighted by molar-refractivity contribution is -0.121. The number of halogens is 2. The van der Waals surface area contributed by atoms with Crippen molar-refractivity contribution in [1.29, 1.82) is 0 Å². The summed E-state index contributed by atoms with van der Waals surface area (Å²) in [6, 6.07) is 10.6. The van der Waals surface area contributed by atoms with Gasteiger partial charge in [0.15, 0.2) is 23.1 Å². The van der Waals surface area contributed by atoms with E-state index in [2.05, 4.69) is 10.3 Å². The van der Waals surface area contributed by atoms with E-state index in [0.717, 1.165) is 5.56 Å². The second-order valence-electron chi connectivity index (χ2n) is 6.21. The molecule has 0 radical (unpaired) electrons. The molecule has 0 aliphatic rings. The molecule has 0 aliphatic carbocycles. The Balaban J connectivity index is 1.53. The van der Waals surface area contributed by atoms with Crippen LogP contribution in [0.5, 0.6) is 11.5 Å². The lowest BCUT2D eigenvalue weighted by Crippen LogP contribution is -2.23. The number of ether oxygens (including phenoxy) is 2. The first-order valence-corrected chi connectivity index (χ1v) is 9.63. The minimum Gasteiger partial charge on any atom is -0.493 e. The zero-order chi connectivity index (χ0) is 20.8. The summed E-state index contributed by atoms with van der Waals surface area (Å²) in [5, 5.41) is 3.90. The van der Waals surface area contributed by atoms with Gasteiger partial charge >= 0.3 is 0 Å². The third kappa shape index (κ3) is 5.43. The van der Waals surface area contributed by atoms with Gasteiger partial charge in [-0.25, -0.2) is 4.98 Å². The molecule has 1 aromatic heterocycles. The Hall–Kier alpha value is -2.70. The van der Waals surface area contributed by atoms with Gasteiger partial charge < -0.3 is 19.2 Å². The van der Waals surface area contributed by atoms with Crippen LogP contribution >= 0.6 is 23.2 Å². The quantitative estimate of drug-likeness (QED) is 0.544. The zero-order valence-corrected chi connectivity index (χ0v) is 17.5. The summed E-state index contributed by atoms with van der Waals surface area (Å²) in [6.07, 6.45) is 2.22. The molecule has 29 heavy (non-hydrogen) atoms. The number of hydrogen-bond acceptors (Lipinski definition) is 5. The highest BCUT2D eigenvalue weighted by Gasteiger charge is 2.12. The Morgan fingerprint density at radius 2 is 1.90 bits per heavy atom. The van der Waals surface area contributed by atoms with E-state index in [-0.39, 0.29) is 12.3 Å². The fourth-order valence-corrected chi connectivity index (χ4v) is 3.24. The Morgan fingerprint density at radius 3 is 2.62 bits per heavy atom. The number of nitrogens with one attached hydrogen (secondary N) is 1. The summed E-state index contributed by atoms with van der Waals surface area (Å²) in [4.78, 5) is 16.4. The molecule has 0 bridgehead atoms. The van der Waals surface area contributed by atoms with Crippen LogP contribution in [0.3, 0.4) is 0 Å². The molecule has 0 aliphatic heterocycles. The summed E-state index contributed by atoms with van der Waals surface area (Å²) in [5.41, 5.74) is 1.61. The van der Waals surface area contributed by atoms with Gasteiger partial charge in [-0.2, -0.15) is 0 Å². The van der Waals surface area contributed by atoms with Crippen molar-refractivity contribution in [2.24, 2.45) is 0 Å². The van der Waals surface area contributed by atoms with Gasteiger partial charge in [0.25, 0.3) is 0 Å². The van der Waals surface area contributed by atoms with E-state index in [4.69, 9.17) is 37.1 Å². The van der Waals surface area contributed by atoms with Gasteiger partial charge in [0.1, 0.15) is 0 Å². The number of benzene rings is 2. The number of hydrogen-bond donors (Lipinski definition) is 1. The second kappa shape index (κ2) is 9.67. The van der Waals surface area contributed by atoms with Crippen molar-refractivity contribution < 1.29 is 18.7 Å². The topological polar surface area (TPSA) is 73.6 Å². The third-order valence-electron chi connectivity index (χ3n) is 4.25. The van der Waals surface area contributed by atoms with Crippen LogP contribution in [0.2, 0.25) is 10.0 Å². The summed E-state index contributed by atoms with van der Waals surface area (Å²) in [6.45, 7) is 0.385. The van der Waals surface area contributed by atoms with E-state index >= 15 is 0 Å². The summed E-state index contributed by atoms with van der Waals surface area (Å²) in [7, 11) is 3.15. The Morgan fingerprint density at radius 1 is 1.10 bits per heavy atom. The Labute approximate surface area is 178 Å². The van der Waals surface area contributed by atoms with E-state index in [0.29, 0.717) is 51.7 Å². The Kier molecular flexibility index (Phi) is 7.01. The SMILES string of the molecule is COc1ccc(CNC(=O)CCc2ncc(-c3ccc(Cl)cc3Cl)o2)cc1OC. The van der Waals surface area contributed by atoms with Crippen molar-refractivity contribution in [3.8, 4) is 22.8 Å². The molecule has 0 unspecified atom stereocenters. The number of carbonyl (C=O) groups is 1. The maximum atomic E-state index is 12.2. The number of rotatable bonds is 8. The van der Waals surface area contributed by atoms with Gasteiger partial charge in [0.2, 0.25) is 5.91 Å². The van der Waals surface area contributed by atoms with Crippen LogP contribution in [-0.4, -0.2) is 25.1 Å². The van der Waals surface area contributed by atoms with Crippen LogP contribution in [-0.2, 0) is 17.8 Å². The molecule has 0 fully saturated rings. The van der Waals surface area contributed by atoms with Crippen LogP contribution in [0, 0.1) is 0 Å². The van der Waals surface area contributed by atoms with Crippen molar-refractivity contribution in [2.45, 2.75) is 19.4 Å². The van der Waals surface area contributed by atoms with Crippen molar-refractivity contribution in [1.82, 2.24) is 10.3 Å². The lowest BCUT2D eigenvalue weighted by Gasteiger charge is -2.10. The number of oxazole rings is 1. The van der Waals surface area contributed by atoms with E-state index in [1.165, 1.54) is 0 Å². The minimum absolute atomic E-state index is 0.107. The molecule has 3 aromatic rings. The number of aromatic nitrogens is 1. The summed E-state index contributed by atoms with van der Waals surface area (Å²) in [5.74, 6) is 2.15. The monoisotopic (exact) mass is 434 g/mol. The molecule has 3 rings (SSSR count). The van der Waals surface area contributed by atoms with Gasteiger partial charge in [-0.05, 0) is 35.9 Å². The molecule has 8 heteroatoms. The number of methoxy groups -OCH3 is 2. The molecule has 0 saturated heterocycles. The van der Waals surface area contributed by atoms with Crippen LogP contribution in [0.4, 0.5) is 0 Å². The number of amides is 1. The average Bonchev–Trinajstić information content (AvgIpc) is 3.19. The molecule has 0 saturated carbocycles. The van der Waals surface area contributed by atoms with Gasteiger partial charge in [-0.3, -0.25) is 4.79 Å². The maximum absolute atomic E-state index is 12.2. The summed E-state index contributed by atoms with van der Waals surface area (Å²) >= 11 is 12.1. The van der Waals surface area contributed by atoms with Crippen LogP contribution in [0.1, 0.15) is 17.9 Å². The Bertz CT molecular complexity index is 1000. The average molecular weight is 435 g/mol. The van der Waals surface area contributed by atoms with Crippen molar-refractivity contribution in [3.63, 3.8) is 0 Å². The highest BCUT2D eigenvalue weighted by Crippen LogP contribution is 2.31. The molecule has 1 N–H and O–H groups in total. The van der Waals surface area contributed by atoms with Crippen LogP contribution in [0.25, 0.3) is 11.3 Å². The predicted octanol–water partition coefficient (Wildman–Crippen LogP) is 4.91. The lowest BCUT2D eigenvalue weighted by atomic mass is 10.2. The third-order valence-corrected chi connectivity index (χ3v) is 4.80. The standard InChI is InChI=1S/C21H20Cl2N2O4/c1-27-17-6-3-13(9-18(17)28-2)11-24-20(26)7-8-21-25-12-19(29-21)15-5-4-14(22)10-16(15)23/h3-6,9-10,12H,7-8,11H2,1-2H3,(H,24,26). The van der Waals surface area contributed by atoms with E-state index in [1.54, 1.807) is 44.7 Å². The highest BCUT2D eigenvalue weighted by atomic mass is 35.5. The molecule has 0 atom stereocenters. The van der Waals surface area contributed by atoms with Crippen molar-refractivity contribution in [2.75, 3.05) is 14.2 Å². The first kappa shape index (κ1) is 21.0. The molecule has 0 spiro atoms. The van der Waals surface area contributed by atoms with Crippen molar-refractivity contribution >= 4 is 29.1 Å². The predicted molar refractivity (Wildman–Crippen MR) is 112 cm³/mol. The maximum Gasteiger partial charge on any atom is 0.220 e. The number of carbonyl (C=O) groups excluding carboxylic acids is 1. The van der Waals surface area contributed by atoms with Gasteiger partial charge in [-0.15, -0.1) is 0 Å².